The Balaban J connectivity index is 2.32. The zero-order valence-electron chi connectivity index (χ0n) is 11.5. The van der Waals surface area contributed by atoms with Gasteiger partial charge in [-0.1, -0.05) is 48.9 Å². The number of halogens is 1. The molecule has 0 radical (unpaired) electrons. The molecule has 0 saturated carbocycles. The molecular weight excluding hydrogens is 237 g/mol. The third-order valence-corrected chi connectivity index (χ3v) is 3.63. The van der Waals surface area contributed by atoms with Crippen molar-refractivity contribution in [1.29, 1.82) is 0 Å². The molecule has 0 aliphatic heterocycles. The minimum absolute atomic E-state index is 0.231. The molecule has 1 unspecified atom stereocenters. The molecule has 0 bridgehead atoms. The van der Waals surface area contributed by atoms with Crippen molar-refractivity contribution in [2.45, 2.75) is 32.2 Å². The molecule has 0 saturated heterocycles. The summed E-state index contributed by atoms with van der Waals surface area (Å²) in [5.41, 5.74) is 9.25. The van der Waals surface area contributed by atoms with Gasteiger partial charge >= 0.3 is 0 Å². The second-order valence-corrected chi connectivity index (χ2v) is 5.19. The highest BCUT2D eigenvalue weighted by Gasteiger charge is 2.26. The summed E-state index contributed by atoms with van der Waals surface area (Å²) >= 11 is 0. The Labute approximate surface area is 114 Å². The molecule has 0 spiro atoms. The maximum absolute atomic E-state index is 13.4. The van der Waals surface area contributed by atoms with Crippen LogP contribution in [-0.2, 0) is 12.0 Å². The molecule has 2 heteroatoms. The lowest BCUT2D eigenvalue weighted by Crippen LogP contribution is -2.38. The van der Waals surface area contributed by atoms with Gasteiger partial charge in [-0.15, -0.1) is 0 Å². The Kier molecular flexibility index (Phi) is 4.01. The van der Waals surface area contributed by atoms with Gasteiger partial charge in [0.2, 0.25) is 0 Å². The van der Waals surface area contributed by atoms with Crippen molar-refractivity contribution < 1.29 is 4.39 Å². The summed E-state index contributed by atoms with van der Waals surface area (Å²) in [6, 6.07) is 14.9. The number of aryl methyl sites for hydroxylation is 1. The van der Waals surface area contributed by atoms with Gasteiger partial charge in [0.15, 0.2) is 0 Å². The van der Waals surface area contributed by atoms with Gasteiger partial charge in [-0.2, -0.15) is 0 Å². The normalized spacial score (nSPS) is 14.1. The lowest BCUT2D eigenvalue weighted by atomic mass is 9.82. The fourth-order valence-electron chi connectivity index (χ4n) is 2.42. The fraction of sp³-hybridized carbons (Fsp3) is 0.294. The summed E-state index contributed by atoms with van der Waals surface area (Å²) in [5, 5.41) is 0. The SMILES string of the molecule is CCC(N)(Cc1cccc(C)c1)c1cccc(F)c1. The molecule has 2 rings (SSSR count). The van der Waals surface area contributed by atoms with Crippen LogP contribution in [0.15, 0.2) is 48.5 Å². The lowest BCUT2D eigenvalue weighted by molar-refractivity contribution is 0.422. The summed E-state index contributed by atoms with van der Waals surface area (Å²) in [7, 11) is 0. The second kappa shape index (κ2) is 5.54. The van der Waals surface area contributed by atoms with Crippen LogP contribution in [0.2, 0.25) is 0 Å². The lowest BCUT2D eigenvalue weighted by Gasteiger charge is -2.29. The molecule has 0 fully saturated rings. The predicted octanol–water partition coefficient (Wildman–Crippen LogP) is 3.94. The summed E-state index contributed by atoms with van der Waals surface area (Å²) in [6.07, 6.45) is 1.49. The molecule has 1 atom stereocenters. The van der Waals surface area contributed by atoms with E-state index in [1.54, 1.807) is 12.1 Å². The van der Waals surface area contributed by atoms with E-state index in [9.17, 15) is 4.39 Å². The Morgan fingerprint density at radius 3 is 2.47 bits per heavy atom. The topological polar surface area (TPSA) is 26.0 Å². The minimum Gasteiger partial charge on any atom is -0.321 e. The molecule has 0 amide bonds. The van der Waals surface area contributed by atoms with Gasteiger partial charge < -0.3 is 5.73 Å². The molecule has 19 heavy (non-hydrogen) atoms. The van der Waals surface area contributed by atoms with E-state index in [-0.39, 0.29) is 5.82 Å². The van der Waals surface area contributed by atoms with Crippen LogP contribution in [0.3, 0.4) is 0 Å². The van der Waals surface area contributed by atoms with E-state index in [1.807, 2.05) is 19.1 Å². The molecule has 2 N–H and O–H groups in total. The van der Waals surface area contributed by atoms with Gasteiger partial charge in [-0.25, -0.2) is 4.39 Å². The maximum Gasteiger partial charge on any atom is 0.123 e. The van der Waals surface area contributed by atoms with Crippen LogP contribution in [-0.4, -0.2) is 0 Å². The average Bonchev–Trinajstić information content (AvgIpc) is 2.38. The van der Waals surface area contributed by atoms with Gasteiger partial charge in [0, 0.05) is 5.54 Å². The van der Waals surface area contributed by atoms with Gasteiger partial charge in [0.1, 0.15) is 5.82 Å². The molecule has 0 heterocycles. The highest BCUT2D eigenvalue weighted by atomic mass is 19.1. The third-order valence-electron chi connectivity index (χ3n) is 3.63. The number of nitrogens with two attached hydrogens (primary N) is 1. The van der Waals surface area contributed by atoms with Crippen LogP contribution in [0.1, 0.15) is 30.0 Å². The second-order valence-electron chi connectivity index (χ2n) is 5.19. The van der Waals surface area contributed by atoms with Crippen molar-refractivity contribution in [3.8, 4) is 0 Å². The molecule has 0 aromatic heterocycles. The van der Waals surface area contributed by atoms with Crippen molar-refractivity contribution in [2.24, 2.45) is 5.73 Å². The van der Waals surface area contributed by atoms with Crippen molar-refractivity contribution in [3.05, 3.63) is 71.0 Å². The first-order valence-electron chi connectivity index (χ1n) is 6.64. The van der Waals surface area contributed by atoms with Gasteiger partial charge in [0.05, 0.1) is 0 Å². The van der Waals surface area contributed by atoms with Crippen LogP contribution >= 0.6 is 0 Å². The molecule has 1 nitrogen and oxygen atoms in total. The highest BCUT2D eigenvalue weighted by Crippen LogP contribution is 2.27. The zero-order valence-corrected chi connectivity index (χ0v) is 11.5. The monoisotopic (exact) mass is 257 g/mol. The van der Waals surface area contributed by atoms with Crippen molar-refractivity contribution in [1.82, 2.24) is 0 Å². The van der Waals surface area contributed by atoms with Gasteiger partial charge in [-0.3, -0.25) is 0 Å². The fourth-order valence-corrected chi connectivity index (χ4v) is 2.42. The first kappa shape index (κ1) is 13.8. The molecular formula is C17H20FN. The molecule has 0 aliphatic carbocycles. The van der Waals surface area contributed by atoms with Crippen LogP contribution in [0, 0.1) is 12.7 Å². The van der Waals surface area contributed by atoms with Crippen molar-refractivity contribution in [2.75, 3.05) is 0 Å². The summed E-state index contributed by atoms with van der Waals surface area (Å²) in [4.78, 5) is 0. The van der Waals surface area contributed by atoms with E-state index < -0.39 is 5.54 Å². The number of rotatable bonds is 4. The van der Waals surface area contributed by atoms with Crippen LogP contribution in [0.25, 0.3) is 0 Å². The van der Waals surface area contributed by atoms with E-state index in [2.05, 4.69) is 25.1 Å². The number of hydrogen-bond acceptors (Lipinski definition) is 1. The maximum atomic E-state index is 13.4. The Hall–Kier alpha value is -1.67. The zero-order chi connectivity index (χ0) is 13.9. The Bertz CT molecular complexity index is 565. The standard InChI is InChI=1S/C17H20FN/c1-3-17(19,15-8-5-9-16(18)11-15)12-14-7-4-6-13(2)10-14/h4-11H,3,12,19H2,1-2H3. The van der Waals surface area contributed by atoms with Gasteiger partial charge in [-0.05, 0) is 43.0 Å². The third kappa shape index (κ3) is 3.21. The predicted molar refractivity (Wildman–Crippen MR) is 77.4 cm³/mol. The molecule has 100 valence electrons. The summed E-state index contributed by atoms with van der Waals surface area (Å²) < 4.78 is 13.4. The van der Waals surface area contributed by atoms with Gasteiger partial charge in [0.25, 0.3) is 0 Å². The first-order valence-corrected chi connectivity index (χ1v) is 6.64. The first-order chi connectivity index (χ1) is 9.03. The van der Waals surface area contributed by atoms with Crippen molar-refractivity contribution >= 4 is 0 Å². The van der Waals surface area contributed by atoms with E-state index in [4.69, 9.17) is 5.73 Å². The molecule has 2 aromatic rings. The number of hydrogen-bond donors (Lipinski definition) is 1. The van der Waals surface area contributed by atoms with E-state index in [0.29, 0.717) is 6.42 Å². The van der Waals surface area contributed by atoms with Crippen LogP contribution in [0.5, 0.6) is 0 Å². The van der Waals surface area contributed by atoms with Crippen LogP contribution < -0.4 is 5.73 Å². The van der Waals surface area contributed by atoms with E-state index in [1.165, 1.54) is 17.2 Å². The van der Waals surface area contributed by atoms with Crippen molar-refractivity contribution in [3.63, 3.8) is 0 Å². The van der Waals surface area contributed by atoms with Crippen LogP contribution in [0.4, 0.5) is 4.39 Å². The highest BCUT2D eigenvalue weighted by molar-refractivity contribution is 5.30. The summed E-state index contributed by atoms with van der Waals surface area (Å²) in [6.45, 7) is 4.11. The minimum atomic E-state index is -0.518. The Morgan fingerprint density at radius 1 is 1.11 bits per heavy atom. The smallest absolute Gasteiger partial charge is 0.123 e. The largest absolute Gasteiger partial charge is 0.321 e. The molecule has 2 aromatic carbocycles. The summed E-state index contributed by atoms with van der Waals surface area (Å²) in [5.74, 6) is -0.231. The average molecular weight is 257 g/mol. The number of benzene rings is 2. The van der Waals surface area contributed by atoms with E-state index >= 15 is 0 Å². The Morgan fingerprint density at radius 2 is 1.84 bits per heavy atom. The quantitative estimate of drug-likeness (QED) is 0.882. The van der Waals surface area contributed by atoms with E-state index in [0.717, 1.165) is 12.0 Å². The molecule has 0 aliphatic rings.